The van der Waals surface area contributed by atoms with E-state index in [9.17, 15) is 9.59 Å². The van der Waals surface area contributed by atoms with Gasteiger partial charge in [0, 0.05) is 41.2 Å². The molecule has 0 spiro atoms. The summed E-state index contributed by atoms with van der Waals surface area (Å²) >= 11 is 1.59. The van der Waals surface area contributed by atoms with Crippen LogP contribution in [0.3, 0.4) is 0 Å². The molecule has 1 aliphatic rings. The van der Waals surface area contributed by atoms with E-state index in [-0.39, 0.29) is 17.5 Å². The van der Waals surface area contributed by atoms with Crippen molar-refractivity contribution in [3.8, 4) is 5.69 Å². The summed E-state index contributed by atoms with van der Waals surface area (Å²) in [5, 5.41) is 7.18. The van der Waals surface area contributed by atoms with E-state index in [1.54, 1.807) is 17.8 Å². The number of benzene rings is 2. The molecule has 0 saturated carbocycles. The Morgan fingerprint density at radius 3 is 2.71 bits per heavy atom. The molecule has 1 saturated heterocycles. The molecule has 0 atom stereocenters. The topological polar surface area (TPSA) is 78.2 Å². The highest BCUT2D eigenvalue weighted by Gasteiger charge is 2.21. The van der Waals surface area contributed by atoms with E-state index in [1.165, 1.54) is 15.6 Å². The van der Waals surface area contributed by atoms with Gasteiger partial charge in [0.2, 0.25) is 5.91 Å². The summed E-state index contributed by atoms with van der Waals surface area (Å²) in [6, 6.07) is 15.4. The van der Waals surface area contributed by atoms with Crippen molar-refractivity contribution in [2.75, 3.05) is 18.5 Å². The molecule has 1 aromatic heterocycles. The van der Waals surface area contributed by atoms with Gasteiger partial charge in [-0.15, -0.1) is 6.58 Å². The number of ether oxygens (including phenoxy) is 1. The molecule has 7 nitrogen and oxygen atoms in total. The summed E-state index contributed by atoms with van der Waals surface area (Å²) in [6.07, 6.45) is 4.70. The maximum absolute atomic E-state index is 12.5. The Labute approximate surface area is 184 Å². The Balaban J connectivity index is 1.42. The lowest BCUT2D eigenvalue weighted by Crippen LogP contribution is -2.28. The first-order valence-corrected chi connectivity index (χ1v) is 11.0. The molecular formula is C23H24N4O3S. The smallest absolute Gasteiger partial charge is 0.350 e. The second-order valence-corrected chi connectivity index (χ2v) is 8.41. The Morgan fingerprint density at radius 2 is 1.97 bits per heavy atom. The Kier molecular flexibility index (Phi) is 6.69. The largest absolute Gasteiger partial charge is 0.381 e. The summed E-state index contributed by atoms with van der Waals surface area (Å²) in [5.74, 6) is 0.0621. The first kappa shape index (κ1) is 21.1. The van der Waals surface area contributed by atoms with Crippen molar-refractivity contribution in [2.24, 2.45) is 5.92 Å². The fourth-order valence-electron chi connectivity index (χ4n) is 3.41. The molecule has 31 heavy (non-hydrogen) atoms. The summed E-state index contributed by atoms with van der Waals surface area (Å²) in [4.78, 5) is 26.9. The average Bonchev–Trinajstić information content (AvgIpc) is 3.16. The van der Waals surface area contributed by atoms with E-state index in [0.29, 0.717) is 25.4 Å². The number of rotatable bonds is 7. The summed E-state index contributed by atoms with van der Waals surface area (Å²) < 4.78 is 8.19. The highest BCUT2D eigenvalue weighted by molar-refractivity contribution is 7.99. The molecule has 4 rings (SSSR count). The van der Waals surface area contributed by atoms with Crippen molar-refractivity contribution in [1.82, 2.24) is 14.3 Å². The lowest BCUT2D eigenvalue weighted by molar-refractivity contribution is -0.122. The second-order valence-electron chi connectivity index (χ2n) is 7.27. The van der Waals surface area contributed by atoms with Crippen LogP contribution in [0.5, 0.6) is 0 Å². The van der Waals surface area contributed by atoms with Gasteiger partial charge in [0.1, 0.15) is 6.33 Å². The number of hydrogen-bond acceptors (Lipinski definition) is 5. The number of nitrogens with zero attached hydrogens (tertiary/aromatic N) is 3. The van der Waals surface area contributed by atoms with Crippen LogP contribution in [-0.2, 0) is 16.1 Å². The van der Waals surface area contributed by atoms with Gasteiger partial charge in [-0.2, -0.15) is 9.78 Å². The van der Waals surface area contributed by atoms with E-state index in [1.807, 2.05) is 48.5 Å². The fourth-order valence-corrected chi connectivity index (χ4v) is 4.29. The number of amides is 1. The first-order chi connectivity index (χ1) is 15.1. The van der Waals surface area contributed by atoms with Gasteiger partial charge in [-0.25, -0.2) is 4.79 Å². The van der Waals surface area contributed by atoms with Crippen LogP contribution >= 0.6 is 11.8 Å². The maximum Gasteiger partial charge on any atom is 0.350 e. The number of carbonyl (C=O) groups excluding carboxylic acids is 1. The minimum Gasteiger partial charge on any atom is -0.381 e. The molecule has 0 aliphatic carbocycles. The third-order valence-corrected chi connectivity index (χ3v) is 6.07. The van der Waals surface area contributed by atoms with Crippen LogP contribution in [0.15, 0.2) is 82.1 Å². The van der Waals surface area contributed by atoms with Gasteiger partial charge in [0.25, 0.3) is 0 Å². The number of allylic oxidation sites excluding steroid dienone is 1. The van der Waals surface area contributed by atoms with E-state index in [4.69, 9.17) is 4.74 Å². The summed E-state index contributed by atoms with van der Waals surface area (Å²) in [7, 11) is 0. The predicted octanol–water partition coefficient (Wildman–Crippen LogP) is 3.74. The van der Waals surface area contributed by atoms with Crippen LogP contribution in [0.2, 0.25) is 0 Å². The van der Waals surface area contributed by atoms with Crippen molar-refractivity contribution >= 4 is 23.4 Å². The minimum absolute atomic E-state index is 0.0102. The fraction of sp³-hybridized carbons (Fsp3) is 0.261. The van der Waals surface area contributed by atoms with Crippen molar-refractivity contribution in [3.05, 3.63) is 78.0 Å². The monoisotopic (exact) mass is 436 g/mol. The first-order valence-electron chi connectivity index (χ1n) is 10.2. The highest BCUT2D eigenvalue weighted by atomic mass is 32.2. The molecule has 1 N–H and O–H groups in total. The lowest BCUT2D eigenvalue weighted by atomic mass is 9.99. The molecular weight excluding hydrogens is 412 g/mol. The Morgan fingerprint density at radius 1 is 1.19 bits per heavy atom. The van der Waals surface area contributed by atoms with Crippen LogP contribution in [0.4, 0.5) is 5.69 Å². The summed E-state index contributed by atoms with van der Waals surface area (Å²) in [5.41, 5.74) is 1.29. The van der Waals surface area contributed by atoms with Gasteiger partial charge < -0.3 is 10.1 Å². The van der Waals surface area contributed by atoms with E-state index < -0.39 is 0 Å². The van der Waals surface area contributed by atoms with Gasteiger partial charge in [-0.3, -0.25) is 9.36 Å². The van der Waals surface area contributed by atoms with Crippen LogP contribution in [0, 0.1) is 5.92 Å². The molecule has 0 radical (unpaired) electrons. The van der Waals surface area contributed by atoms with Crippen LogP contribution in [-0.4, -0.2) is 33.5 Å². The lowest BCUT2D eigenvalue weighted by Gasteiger charge is -2.21. The van der Waals surface area contributed by atoms with Crippen LogP contribution < -0.4 is 11.0 Å². The van der Waals surface area contributed by atoms with E-state index in [2.05, 4.69) is 17.0 Å². The zero-order valence-corrected chi connectivity index (χ0v) is 17.9. The van der Waals surface area contributed by atoms with Crippen LogP contribution in [0.1, 0.15) is 12.8 Å². The SMILES string of the molecule is C=CCn1cnn(-c2ccc(Sc3cccc(NC(=O)C4CCOCC4)c3)cc2)c1=O. The minimum atomic E-state index is -0.201. The average molecular weight is 437 g/mol. The zero-order valence-electron chi connectivity index (χ0n) is 17.1. The van der Waals surface area contributed by atoms with E-state index >= 15 is 0 Å². The molecule has 0 unspecified atom stereocenters. The van der Waals surface area contributed by atoms with Gasteiger partial charge in [-0.1, -0.05) is 23.9 Å². The normalized spacial score (nSPS) is 14.3. The quantitative estimate of drug-likeness (QED) is 0.571. The third kappa shape index (κ3) is 5.15. The van der Waals surface area contributed by atoms with Gasteiger partial charge >= 0.3 is 5.69 Å². The molecule has 1 amide bonds. The zero-order chi connectivity index (χ0) is 21.6. The molecule has 8 heteroatoms. The molecule has 1 fully saturated rings. The van der Waals surface area contributed by atoms with E-state index in [0.717, 1.165) is 28.3 Å². The number of carbonyl (C=O) groups is 1. The van der Waals surface area contributed by atoms with Crippen molar-refractivity contribution < 1.29 is 9.53 Å². The van der Waals surface area contributed by atoms with Crippen molar-refractivity contribution in [3.63, 3.8) is 0 Å². The molecule has 1 aliphatic heterocycles. The number of aromatic nitrogens is 3. The molecule has 2 aromatic carbocycles. The maximum atomic E-state index is 12.5. The number of anilines is 1. The molecule has 0 bridgehead atoms. The van der Waals surface area contributed by atoms with Gasteiger partial charge in [0.05, 0.1) is 5.69 Å². The number of nitrogens with one attached hydrogen (secondary N) is 1. The molecule has 3 aromatic rings. The Hall–Kier alpha value is -3.10. The third-order valence-electron chi connectivity index (χ3n) is 5.07. The predicted molar refractivity (Wildman–Crippen MR) is 121 cm³/mol. The van der Waals surface area contributed by atoms with Gasteiger partial charge in [0.15, 0.2) is 0 Å². The Bertz CT molecular complexity index is 1110. The van der Waals surface area contributed by atoms with Crippen LogP contribution in [0.25, 0.3) is 5.69 Å². The molecule has 2 heterocycles. The number of hydrogen-bond donors (Lipinski definition) is 1. The standard InChI is InChI=1S/C23H24N4O3S/c1-2-12-26-16-24-27(23(26)29)19-6-8-20(9-7-19)31-21-5-3-4-18(15-21)25-22(28)17-10-13-30-14-11-17/h2-9,15-17H,1,10-14H2,(H,25,28). The highest BCUT2D eigenvalue weighted by Crippen LogP contribution is 2.30. The van der Waals surface area contributed by atoms with Crippen molar-refractivity contribution in [2.45, 2.75) is 29.2 Å². The van der Waals surface area contributed by atoms with Crippen molar-refractivity contribution in [1.29, 1.82) is 0 Å². The molecule has 160 valence electrons. The van der Waals surface area contributed by atoms with Gasteiger partial charge in [-0.05, 0) is 55.3 Å². The summed E-state index contributed by atoms with van der Waals surface area (Å²) in [6.45, 7) is 5.36. The second kappa shape index (κ2) is 9.80.